The summed E-state index contributed by atoms with van der Waals surface area (Å²) in [7, 11) is 1.69. The highest BCUT2D eigenvalue weighted by Crippen LogP contribution is 2.38. The number of fused-ring (bicyclic) bond motifs is 1. The van der Waals surface area contributed by atoms with E-state index in [-0.39, 0.29) is 0 Å². The molecule has 0 amide bonds. The number of ether oxygens (including phenoxy) is 1. The maximum atomic E-state index is 5.17. The molecule has 3 aromatic rings. The molecule has 0 bridgehead atoms. The molecule has 0 unspecified atom stereocenters. The first-order valence-electron chi connectivity index (χ1n) is 4.97. The van der Waals surface area contributed by atoms with E-state index in [1.807, 2.05) is 12.1 Å². The van der Waals surface area contributed by atoms with E-state index in [4.69, 9.17) is 4.74 Å². The number of hydrogen-bond acceptors (Lipinski definition) is 3. The monoisotopic (exact) mass is 246 g/mol. The van der Waals surface area contributed by atoms with Crippen LogP contribution in [0.25, 0.3) is 20.5 Å². The van der Waals surface area contributed by atoms with Crippen molar-refractivity contribution in [3.63, 3.8) is 0 Å². The van der Waals surface area contributed by atoms with Gasteiger partial charge in [0, 0.05) is 10.8 Å². The van der Waals surface area contributed by atoms with Crippen LogP contribution in [0, 0.1) is 0 Å². The molecule has 0 N–H and O–H groups in total. The maximum Gasteiger partial charge on any atom is 0.118 e. The predicted octanol–water partition coefficient (Wildman–Crippen LogP) is 4.64. The van der Waals surface area contributed by atoms with Crippen molar-refractivity contribution >= 4 is 32.8 Å². The van der Waals surface area contributed by atoms with Crippen LogP contribution in [0.1, 0.15) is 0 Å². The summed E-state index contributed by atoms with van der Waals surface area (Å²) < 4.78 is 6.55. The molecule has 0 saturated carbocycles. The molecular formula is C13H10OS2. The first-order chi connectivity index (χ1) is 7.88. The third-order valence-electron chi connectivity index (χ3n) is 2.56. The Kier molecular flexibility index (Phi) is 2.42. The van der Waals surface area contributed by atoms with Crippen LogP contribution in [0.15, 0.2) is 41.1 Å². The lowest BCUT2D eigenvalue weighted by atomic mass is 10.2. The molecule has 2 aromatic heterocycles. The average Bonchev–Trinajstić information content (AvgIpc) is 2.91. The lowest BCUT2D eigenvalue weighted by Gasteiger charge is -2.01. The van der Waals surface area contributed by atoms with E-state index in [1.54, 1.807) is 29.8 Å². The van der Waals surface area contributed by atoms with Gasteiger partial charge in [-0.3, -0.25) is 0 Å². The van der Waals surface area contributed by atoms with Gasteiger partial charge in [-0.15, -0.1) is 22.7 Å². The van der Waals surface area contributed by atoms with Crippen LogP contribution < -0.4 is 4.74 Å². The lowest BCUT2D eigenvalue weighted by molar-refractivity contribution is 0.415. The minimum absolute atomic E-state index is 0.905. The van der Waals surface area contributed by atoms with Gasteiger partial charge in [-0.2, -0.15) is 0 Å². The fourth-order valence-corrected chi connectivity index (χ4v) is 3.85. The van der Waals surface area contributed by atoms with E-state index in [2.05, 4.69) is 29.0 Å². The van der Waals surface area contributed by atoms with Gasteiger partial charge in [0.2, 0.25) is 0 Å². The van der Waals surface area contributed by atoms with E-state index >= 15 is 0 Å². The van der Waals surface area contributed by atoms with Gasteiger partial charge < -0.3 is 4.74 Å². The van der Waals surface area contributed by atoms with Gasteiger partial charge in [-0.25, -0.2) is 0 Å². The van der Waals surface area contributed by atoms with Crippen LogP contribution in [-0.4, -0.2) is 7.11 Å². The zero-order valence-electron chi connectivity index (χ0n) is 8.77. The molecule has 16 heavy (non-hydrogen) atoms. The summed E-state index contributed by atoms with van der Waals surface area (Å²) in [6, 6.07) is 10.4. The van der Waals surface area contributed by atoms with E-state index in [0.717, 1.165) is 5.75 Å². The minimum atomic E-state index is 0.905. The Labute approximate surface area is 102 Å². The Morgan fingerprint density at radius 1 is 1.00 bits per heavy atom. The van der Waals surface area contributed by atoms with E-state index < -0.39 is 0 Å². The Morgan fingerprint density at radius 3 is 2.56 bits per heavy atom. The van der Waals surface area contributed by atoms with Crippen molar-refractivity contribution in [2.75, 3.05) is 7.11 Å². The summed E-state index contributed by atoms with van der Waals surface area (Å²) in [5.41, 5.74) is 1.27. The Morgan fingerprint density at radius 2 is 1.81 bits per heavy atom. The SMILES string of the molecule is COc1ccc(-c2scc3ccsc23)cc1. The predicted molar refractivity (Wildman–Crippen MR) is 71.7 cm³/mol. The van der Waals surface area contributed by atoms with Crippen molar-refractivity contribution in [2.24, 2.45) is 0 Å². The molecule has 0 aliphatic heterocycles. The Hall–Kier alpha value is -1.32. The quantitative estimate of drug-likeness (QED) is 0.640. The standard InChI is InChI=1S/C13H10OS2/c1-14-11-4-2-9(3-5-11)12-13-10(8-16-12)6-7-15-13/h2-8H,1H3. The van der Waals surface area contributed by atoms with Crippen molar-refractivity contribution < 1.29 is 4.74 Å². The van der Waals surface area contributed by atoms with Crippen molar-refractivity contribution in [1.82, 2.24) is 0 Å². The van der Waals surface area contributed by atoms with Crippen LogP contribution in [0.5, 0.6) is 5.75 Å². The van der Waals surface area contributed by atoms with Crippen LogP contribution in [-0.2, 0) is 0 Å². The summed E-state index contributed by atoms with van der Waals surface area (Å²) in [6.07, 6.45) is 0. The molecule has 0 radical (unpaired) electrons. The van der Waals surface area contributed by atoms with Crippen LogP contribution in [0.2, 0.25) is 0 Å². The highest BCUT2D eigenvalue weighted by molar-refractivity contribution is 7.24. The molecule has 1 nitrogen and oxygen atoms in total. The first-order valence-corrected chi connectivity index (χ1v) is 6.73. The summed E-state index contributed by atoms with van der Waals surface area (Å²) >= 11 is 3.61. The molecular weight excluding hydrogens is 236 g/mol. The van der Waals surface area contributed by atoms with E-state index in [0.29, 0.717) is 0 Å². The fraction of sp³-hybridized carbons (Fsp3) is 0.0769. The first kappa shape index (κ1) is 9.87. The van der Waals surface area contributed by atoms with Crippen molar-refractivity contribution in [3.8, 4) is 16.2 Å². The molecule has 2 heterocycles. The highest BCUT2D eigenvalue weighted by Gasteiger charge is 2.07. The molecule has 80 valence electrons. The van der Waals surface area contributed by atoms with E-state index in [1.165, 1.54) is 20.5 Å². The third-order valence-corrected chi connectivity index (χ3v) is 4.68. The minimum Gasteiger partial charge on any atom is -0.497 e. The van der Waals surface area contributed by atoms with Gasteiger partial charge in [-0.1, -0.05) is 0 Å². The average molecular weight is 246 g/mol. The summed E-state index contributed by atoms with van der Waals surface area (Å²) in [4.78, 5) is 1.35. The molecule has 0 fully saturated rings. The third kappa shape index (κ3) is 1.52. The highest BCUT2D eigenvalue weighted by atomic mass is 32.1. The molecule has 0 spiro atoms. The number of methoxy groups -OCH3 is 1. The second-order valence-corrected chi connectivity index (χ2v) is 5.29. The van der Waals surface area contributed by atoms with Crippen LogP contribution in [0.4, 0.5) is 0 Å². The smallest absolute Gasteiger partial charge is 0.118 e. The van der Waals surface area contributed by atoms with Crippen molar-refractivity contribution in [1.29, 1.82) is 0 Å². The van der Waals surface area contributed by atoms with Gasteiger partial charge >= 0.3 is 0 Å². The Balaban J connectivity index is 2.12. The summed E-state index contributed by atoms with van der Waals surface area (Å²) in [5.74, 6) is 0.905. The van der Waals surface area contributed by atoms with Crippen LogP contribution in [0.3, 0.4) is 0 Å². The number of benzene rings is 1. The van der Waals surface area contributed by atoms with Crippen LogP contribution >= 0.6 is 22.7 Å². The number of hydrogen-bond donors (Lipinski definition) is 0. The molecule has 3 heteroatoms. The van der Waals surface area contributed by atoms with Crippen molar-refractivity contribution in [3.05, 3.63) is 41.1 Å². The maximum absolute atomic E-state index is 5.17. The van der Waals surface area contributed by atoms with Gasteiger partial charge in [0.1, 0.15) is 5.75 Å². The Bertz CT molecular complexity index is 604. The van der Waals surface area contributed by atoms with Gasteiger partial charge in [0.15, 0.2) is 0 Å². The zero-order chi connectivity index (χ0) is 11.0. The molecule has 3 rings (SSSR count). The second-order valence-electron chi connectivity index (χ2n) is 3.50. The second kappa shape index (κ2) is 3.92. The molecule has 0 atom stereocenters. The topological polar surface area (TPSA) is 9.23 Å². The van der Waals surface area contributed by atoms with Gasteiger partial charge in [-0.05, 0) is 41.3 Å². The summed E-state index contributed by atoms with van der Waals surface area (Å²) in [5, 5.41) is 5.70. The normalized spacial score (nSPS) is 10.8. The summed E-state index contributed by atoms with van der Waals surface area (Å²) in [6.45, 7) is 0. The fourth-order valence-electron chi connectivity index (χ4n) is 1.71. The number of rotatable bonds is 2. The molecule has 0 saturated heterocycles. The molecule has 0 aliphatic rings. The van der Waals surface area contributed by atoms with E-state index in [9.17, 15) is 0 Å². The van der Waals surface area contributed by atoms with Gasteiger partial charge in [0.05, 0.1) is 16.7 Å². The van der Waals surface area contributed by atoms with Crippen molar-refractivity contribution in [2.45, 2.75) is 0 Å². The van der Waals surface area contributed by atoms with Gasteiger partial charge in [0.25, 0.3) is 0 Å². The zero-order valence-corrected chi connectivity index (χ0v) is 10.4. The molecule has 1 aromatic carbocycles. The molecule has 0 aliphatic carbocycles. The number of thiophene rings is 2. The largest absolute Gasteiger partial charge is 0.497 e. The lowest BCUT2D eigenvalue weighted by Crippen LogP contribution is -1.81.